The lowest BCUT2D eigenvalue weighted by Crippen LogP contribution is -2.06. The second-order valence-electron chi connectivity index (χ2n) is 14.2. The van der Waals surface area contributed by atoms with Crippen LogP contribution in [0.5, 0.6) is 0 Å². The fourth-order valence-electron chi connectivity index (χ4n) is 8.84. The van der Waals surface area contributed by atoms with Crippen LogP contribution in [0, 0.1) is 0 Å². The molecule has 12 rings (SSSR count). The number of para-hydroxylation sites is 6. The molecule has 4 heterocycles. The lowest BCUT2D eigenvalue weighted by atomic mass is 10.0. The van der Waals surface area contributed by atoms with Gasteiger partial charge < -0.3 is 13.6 Å². The summed E-state index contributed by atoms with van der Waals surface area (Å²) in [4.78, 5) is 0. The first-order valence-electron chi connectivity index (χ1n) is 18.9. The highest BCUT2D eigenvalue weighted by atomic mass is 16.3. The Morgan fingerprint density at radius 2 is 0.893 bits per heavy atom. The molecule has 6 nitrogen and oxygen atoms in total. The van der Waals surface area contributed by atoms with Gasteiger partial charge >= 0.3 is 0 Å². The fraction of sp³-hybridized carbons (Fsp3) is 0. The first kappa shape index (κ1) is 30.7. The van der Waals surface area contributed by atoms with E-state index in [0.717, 1.165) is 99.7 Å². The Hall–Kier alpha value is -7.70. The summed E-state index contributed by atoms with van der Waals surface area (Å²) in [5, 5.41) is 16.6. The van der Waals surface area contributed by atoms with E-state index in [9.17, 15) is 0 Å². The van der Waals surface area contributed by atoms with E-state index in [1.807, 2.05) is 35.0 Å². The first-order valence-corrected chi connectivity index (χ1v) is 18.9. The number of benzene rings is 8. The molecule has 0 aliphatic carbocycles. The second kappa shape index (κ2) is 11.9. The number of furan rings is 1. The highest BCUT2D eigenvalue weighted by Crippen LogP contribution is 2.44. The first-order chi connectivity index (χ1) is 27.8. The van der Waals surface area contributed by atoms with Gasteiger partial charge in [0.25, 0.3) is 0 Å². The summed E-state index contributed by atoms with van der Waals surface area (Å²) in [6.45, 7) is 0. The quantitative estimate of drug-likeness (QED) is 0.178. The molecule has 0 atom stereocenters. The molecule has 0 saturated carbocycles. The molecular weight excluding hydrogens is 687 g/mol. The van der Waals surface area contributed by atoms with Gasteiger partial charge in [-0.15, -0.1) is 5.10 Å². The molecule has 0 N–H and O–H groups in total. The van der Waals surface area contributed by atoms with Crippen molar-refractivity contribution in [1.29, 1.82) is 0 Å². The molecular formula is C50H31N5O. The highest BCUT2D eigenvalue weighted by Gasteiger charge is 2.25. The van der Waals surface area contributed by atoms with Gasteiger partial charge in [0.15, 0.2) is 5.58 Å². The minimum absolute atomic E-state index is 0.831. The van der Waals surface area contributed by atoms with Crippen molar-refractivity contribution in [3.63, 3.8) is 0 Å². The van der Waals surface area contributed by atoms with Crippen molar-refractivity contribution in [2.24, 2.45) is 0 Å². The van der Waals surface area contributed by atoms with Crippen molar-refractivity contribution < 1.29 is 4.42 Å². The topological polar surface area (TPSA) is 53.7 Å². The van der Waals surface area contributed by atoms with Gasteiger partial charge in [0.05, 0.1) is 39.1 Å². The molecule has 12 aromatic rings. The van der Waals surface area contributed by atoms with Crippen LogP contribution >= 0.6 is 0 Å². The van der Waals surface area contributed by atoms with Gasteiger partial charge in [-0.3, -0.25) is 0 Å². The Bertz CT molecular complexity index is 3480. The van der Waals surface area contributed by atoms with Crippen molar-refractivity contribution in [3.05, 3.63) is 188 Å². The monoisotopic (exact) mass is 717 g/mol. The normalized spacial score (nSPS) is 11.9. The summed E-state index contributed by atoms with van der Waals surface area (Å²) in [6.07, 6.45) is 0. The number of aromatic nitrogens is 5. The second-order valence-corrected chi connectivity index (χ2v) is 14.2. The van der Waals surface area contributed by atoms with Gasteiger partial charge in [-0.2, -0.15) is 0 Å². The van der Waals surface area contributed by atoms with Gasteiger partial charge in [-0.05, 0) is 42.5 Å². The van der Waals surface area contributed by atoms with Crippen LogP contribution in [0.4, 0.5) is 0 Å². The lowest BCUT2D eigenvalue weighted by Gasteiger charge is -2.18. The van der Waals surface area contributed by atoms with Crippen LogP contribution in [0.2, 0.25) is 0 Å². The van der Waals surface area contributed by atoms with Crippen LogP contribution in [0.1, 0.15) is 0 Å². The van der Waals surface area contributed by atoms with E-state index >= 15 is 0 Å². The van der Waals surface area contributed by atoms with Gasteiger partial charge in [0, 0.05) is 43.4 Å². The predicted molar refractivity (Wildman–Crippen MR) is 228 cm³/mol. The van der Waals surface area contributed by atoms with Crippen LogP contribution < -0.4 is 0 Å². The van der Waals surface area contributed by atoms with Crippen LogP contribution in [-0.4, -0.2) is 24.1 Å². The molecule has 0 amide bonds. The zero-order valence-corrected chi connectivity index (χ0v) is 30.0. The number of fused-ring (bicyclic) bond motifs is 10. The fourth-order valence-corrected chi connectivity index (χ4v) is 8.84. The summed E-state index contributed by atoms with van der Waals surface area (Å²) in [7, 11) is 0. The van der Waals surface area contributed by atoms with Crippen LogP contribution in [0.3, 0.4) is 0 Å². The zero-order valence-electron chi connectivity index (χ0n) is 30.0. The lowest BCUT2D eigenvalue weighted by molar-refractivity contribution is 0.671. The van der Waals surface area contributed by atoms with E-state index in [1.165, 1.54) is 5.39 Å². The maximum atomic E-state index is 6.75. The summed E-state index contributed by atoms with van der Waals surface area (Å²) in [6, 6.07) is 66.1. The van der Waals surface area contributed by atoms with Crippen LogP contribution in [0.25, 0.3) is 105 Å². The molecule has 0 unspecified atom stereocenters. The molecule has 4 aromatic heterocycles. The molecule has 0 aliphatic rings. The Morgan fingerprint density at radius 1 is 0.375 bits per heavy atom. The number of hydrogen-bond acceptors (Lipinski definition) is 3. The molecule has 56 heavy (non-hydrogen) atoms. The van der Waals surface area contributed by atoms with Crippen molar-refractivity contribution >= 4 is 65.6 Å². The van der Waals surface area contributed by atoms with Gasteiger partial charge in [-0.1, -0.05) is 151 Å². The summed E-state index contributed by atoms with van der Waals surface area (Å²) < 4.78 is 13.6. The van der Waals surface area contributed by atoms with E-state index in [1.54, 1.807) is 0 Å². The third-order valence-corrected chi connectivity index (χ3v) is 11.2. The van der Waals surface area contributed by atoms with Gasteiger partial charge in [0.2, 0.25) is 0 Å². The SMILES string of the molecule is c1ccc(-c2nnn(-c3cccc4c5ccccc5n(-c5ccccc5-n5c6ccccc6c6ccc7c8ccccc8oc7c65)c34)c2-c2ccccc2)cc1. The van der Waals surface area contributed by atoms with Crippen LogP contribution in [0.15, 0.2) is 192 Å². The minimum atomic E-state index is 0.831. The van der Waals surface area contributed by atoms with E-state index in [2.05, 4.69) is 167 Å². The van der Waals surface area contributed by atoms with E-state index in [0.29, 0.717) is 0 Å². The van der Waals surface area contributed by atoms with Crippen molar-refractivity contribution in [2.75, 3.05) is 0 Å². The molecule has 8 aromatic carbocycles. The largest absolute Gasteiger partial charge is 0.454 e. The Balaban J connectivity index is 1.21. The summed E-state index contributed by atoms with van der Waals surface area (Å²) >= 11 is 0. The molecule has 0 bridgehead atoms. The van der Waals surface area contributed by atoms with Crippen molar-refractivity contribution in [3.8, 4) is 39.6 Å². The zero-order chi connectivity index (χ0) is 36.7. The Labute approximate surface area is 320 Å². The number of rotatable bonds is 5. The molecule has 0 saturated heterocycles. The van der Waals surface area contributed by atoms with Gasteiger partial charge in [-0.25, -0.2) is 4.68 Å². The standard InChI is InChI=1S/C50H31N5O/c1-3-16-32(17-4-1)46-47(33-18-5-2-6-19-33)55(52-51-46)44-28-15-23-37-34-20-7-10-24-40(34)53(48(37)44)42-26-12-13-27-43(42)54-41-25-11-8-21-35(41)38-30-31-39-36-22-9-14-29-45(36)56-50(39)49(38)54/h1-31H. The average Bonchev–Trinajstić information content (AvgIpc) is 4.04. The van der Waals surface area contributed by atoms with E-state index < -0.39 is 0 Å². The molecule has 0 radical (unpaired) electrons. The molecule has 6 heteroatoms. The molecule has 0 spiro atoms. The summed E-state index contributed by atoms with van der Waals surface area (Å²) in [5.41, 5.74) is 12.9. The molecule has 262 valence electrons. The van der Waals surface area contributed by atoms with E-state index in [4.69, 9.17) is 14.7 Å². The third kappa shape index (κ3) is 4.32. The summed E-state index contributed by atoms with van der Waals surface area (Å²) in [5.74, 6) is 0. The Kier molecular flexibility index (Phi) is 6.53. The van der Waals surface area contributed by atoms with E-state index in [-0.39, 0.29) is 0 Å². The maximum Gasteiger partial charge on any atom is 0.160 e. The smallest absolute Gasteiger partial charge is 0.160 e. The number of hydrogen-bond donors (Lipinski definition) is 0. The van der Waals surface area contributed by atoms with Crippen LogP contribution in [-0.2, 0) is 0 Å². The van der Waals surface area contributed by atoms with Crippen molar-refractivity contribution in [2.45, 2.75) is 0 Å². The average molecular weight is 718 g/mol. The predicted octanol–water partition coefficient (Wildman–Crippen LogP) is 12.7. The Morgan fingerprint density at radius 3 is 1.61 bits per heavy atom. The third-order valence-electron chi connectivity index (χ3n) is 11.2. The molecule has 0 aliphatic heterocycles. The number of nitrogens with zero attached hydrogens (tertiary/aromatic N) is 5. The minimum Gasteiger partial charge on any atom is -0.454 e. The highest BCUT2D eigenvalue weighted by molar-refractivity contribution is 6.22. The maximum absolute atomic E-state index is 6.75. The van der Waals surface area contributed by atoms with Gasteiger partial charge in [0.1, 0.15) is 17.0 Å². The molecule has 0 fully saturated rings. The van der Waals surface area contributed by atoms with Crippen molar-refractivity contribution in [1.82, 2.24) is 24.1 Å².